The van der Waals surface area contributed by atoms with Gasteiger partial charge in [0, 0.05) is 31.6 Å². The number of benzene rings is 1. The normalized spacial score (nSPS) is 17.5. The summed E-state index contributed by atoms with van der Waals surface area (Å²) in [6.07, 6.45) is 1.56. The van der Waals surface area contributed by atoms with Crippen LogP contribution in [0, 0.1) is 0 Å². The van der Waals surface area contributed by atoms with E-state index in [0.29, 0.717) is 12.3 Å². The van der Waals surface area contributed by atoms with E-state index in [0.717, 1.165) is 37.1 Å². The van der Waals surface area contributed by atoms with Crippen LogP contribution in [0.25, 0.3) is 16.6 Å². The van der Waals surface area contributed by atoms with E-state index in [9.17, 15) is 4.79 Å². The molecule has 1 aliphatic heterocycles. The minimum absolute atomic E-state index is 0.132. The minimum atomic E-state index is -0.132. The summed E-state index contributed by atoms with van der Waals surface area (Å²) >= 11 is 0. The minimum Gasteiger partial charge on any atom is -0.304 e. The molecule has 22 heavy (non-hydrogen) atoms. The van der Waals surface area contributed by atoms with Crippen LogP contribution in [0.5, 0.6) is 0 Å². The van der Waals surface area contributed by atoms with E-state index in [1.165, 1.54) is 9.08 Å². The van der Waals surface area contributed by atoms with E-state index < -0.39 is 0 Å². The summed E-state index contributed by atoms with van der Waals surface area (Å²) in [6, 6.07) is 7.75. The number of nitrogens with zero attached hydrogens (tertiary/aromatic N) is 6. The third-order valence-electron chi connectivity index (χ3n) is 4.26. The van der Waals surface area contributed by atoms with Crippen molar-refractivity contribution in [3.05, 3.63) is 41.1 Å². The summed E-state index contributed by atoms with van der Waals surface area (Å²) in [7, 11) is 2.12. The van der Waals surface area contributed by atoms with Gasteiger partial charge < -0.3 is 4.90 Å². The van der Waals surface area contributed by atoms with Gasteiger partial charge >= 0.3 is 5.69 Å². The van der Waals surface area contributed by atoms with Gasteiger partial charge in [0.1, 0.15) is 6.33 Å². The zero-order valence-corrected chi connectivity index (χ0v) is 12.5. The molecule has 0 saturated carbocycles. The zero-order chi connectivity index (χ0) is 15.1. The van der Waals surface area contributed by atoms with Crippen LogP contribution in [-0.2, 0) is 6.67 Å². The second-order valence-corrected chi connectivity index (χ2v) is 5.80. The van der Waals surface area contributed by atoms with Crippen LogP contribution >= 0.6 is 0 Å². The molecule has 0 amide bonds. The summed E-state index contributed by atoms with van der Waals surface area (Å²) in [5.41, 5.74) is 1.39. The number of hydrogen-bond donors (Lipinski definition) is 0. The Hall–Kier alpha value is -2.25. The van der Waals surface area contributed by atoms with Gasteiger partial charge in [-0.15, -0.1) is 5.10 Å². The molecule has 0 spiro atoms. The van der Waals surface area contributed by atoms with E-state index in [-0.39, 0.29) is 5.69 Å². The van der Waals surface area contributed by atoms with Gasteiger partial charge in [-0.05, 0) is 19.2 Å². The first-order valence-electron chi connectivity index (χ1n) is 7.46. The number of piperazine rings is 1. The molecule has 4 rings (SSSR count). The van der Waals surface area contributed by atoms with Crippen LogP contribution in [0.2, 0.25) is 0 Å². The van der Waals surface area contributed by atoms with E-state index in [1.54, 1.807) is 6.33 Å². The molecule has 1 aliphatic rings. The van der Waals surface area contributed by atoms with Gasteiger partial charge in [0.25, 0.3) is 0 Å². The Morgan fingerprint density at radius 3 is 2.73 bits per heavy atom. The maximum Gasteiger partial charge on any atom is 0.352 e. The Labute approximate surface area is 127 Å². The van der Waals surface area contributed by atoms with Crippen LogP contribution in [0.4, 0.5) is 0 Å². The Bertz CT molecular complexity index is 874. The topological polar surface area (TPSA) is 58.7 Å². The molecule has 7 nitrogen and oxygen atoms in total. The molecule has 0 bridgehead atoms. The molecular formula is C15H18N6O. The first-order valence-corrected chi connectivity index (χ1v) is 7.46. The number of rotatable bonds is 2. The number of para-hydroxylation sites is 1. The van der Waals surface area contributed by atoms with Crippen molar-refractivity contribution in [3.63, 3.8) is 0 Å². The van der Waals surface area contributed by atoms with Gasteiger partial charge in [0.15, 0.2) is 5.65 Å². The summed E-state index contributed by atoms with van der Waals surface area (Å²) in [4.78, 5) is 21.4. The Morgan fingerprint density at radius 1 is 1.14 bits per heavy atom. The van der Waals surface area contributed by atoms with E-state index in [4.69, 9.17) is 0 Å². The lowest BCUT2D eigenvalue weighted by Crippen LogP contribution is -2.46. The van der Waals surface area contributed by atoms with Crippen molar-refractivity contribution in [1.82, 2.24) is 29.0 Å². The predicted octanol–water partition coefficient (Wildman–Crippen LogP) is 0.249. The molecule has 0 N–H and O–H groups in total. The maximum absolute atomic E-state index is 12.5. The van der Waals surface area contributed by atoms with E-state index in [1.807, 2.05) is 24.3 Å². The Balaban J connectivity index is 1.74. The number of fused-ring (bicyclic) bond motifs is 3. The Kier molecular flexibility index (Phi) is 3.16. The molecule has 0 atom stereocenters. The lowest BCUT2D eigenvalue weighted by atomic mass is 10.2. The zero-order valence-electron chi connectivity index (χ0n) is 12.5. The standard InChI is InChI=1S/C15H18N6O/c1-18-6-8-19(9-7-18)11-21-15(22)20-10-16-13-5-3-2-4-12(13)14(20)17-21/h2-5,10H,6-9,11H2,1H3. The third-order valence-corrected chi connectivity index (χ3v) is 4.26. The van der Waals surface area contributed by atoms with Gasteiger partial charge in [-0.1, -0.05) is 12.1 Å². The smallest absolute Gasteiger partial charge is 0.304 e. The van der Waals surface area contributed by atoms with E-state index >= 15 is 0 Å². The highest BCUT2D eigenvalue weighted by atomic mass is 16.2. The van der Waals surface area contributed by atoms with Gasteiger partial charge in [-0.2, -0.15) is 4.68 Å². The first kappa shape index (κ1) is 13.4. The lowest BCUT2D eigenvalue weighted by Gasteiger charge is -2.31. The molecule has 0 radical (unpaired) electrons. The van der Waals surface area contributed by atoms with Crippen LogP contribution in [0.1, 0.15) is 0 Å². The van der Waals surface area contributed by atoms with Crippen molar-refractivity contribution >= 4 is 16.6 Å². The molecule has 2 aromatic heterocycles. The summed E-state index contributed by atoms with van der Waals surface area (Å²) in [6.45, 7) is 4.48. The quantitative estimate of drug-likeness (QED) is 0.679. The van der Waals surface area contributed by atoms with Gasteiger partial charge in [-0.25, -0.2) is 14.2 Å². The predicted molar refractivity (Wildman–Crippen MR) is 83.8 cm³/mol. The molecule has 0 aliphatic carbocycles. The number of hydrogen-bond acceptors (Lipinski definition) is 5. The highest BCUT2D eigenvalue weighted by Gasteiger charge is 2.17. The summed E-state index contributed by atoms with van der Waals surface area (Å²) in [5, 5.41) is 5.43. The average molecular weight is 298 g/mol. The molecule has 1 fully saturated rings. The Morgan fingerprint density at radius 2 is 1.91 bits per heavy atom. The fraction of sp³-hybridized carbons (Fsp3) is 0.400. The van der Waals surface area contributed by atoms with Crippen molar-refractivity contribution in [2.75, 3.05) is 33.2 Å². The molecule has 1 saturated heterocycles. The van der Waals surface area contributed by atoms with Gasteiger partial charge in [-0.3, -0.25) is 4.90 Å². The van der Waals surface area contributed by atoms with Crippen molar-refractivity contribution in [1.29, 1.82) is 0 Å². The molecular weight excluding hydrogens is 280 g/mol. The molecule has 3 aromatic rings. The fourth-order valence-corrected chi connectivity index (χ4v) is 2.87. The van der Waals surface area contributed by atoms with Crippen LogP contribution in [0.3, 0.4) is 0 Å². The summed E-state index contributed by atoms with van der Waals surface area (Å²) < 4.78 is 3.06. The van der Waals surface area contributed by atoms with Gasteiger partial charge in [0.2, 0.25) is 0 Å². The van der Waals surface area contributed by atoms with Crippen molar-refractivity contribution in [2.24, 2.45) is 0 Å². The molecule has 3 heterocycles. The van der Waals surface area contributed by atoms with Gasteiger partial charge in [0.05, 0.1) is 12.2 Å². The highest BCUT2D eigenvalue weighted by molar-refractivity contribution is 5.90. The first-order chi connectivity index (χ1) is 10.7. The average Bonchev–Trinajstić information content (AvgIpc) is 2.86. The van der Waals surface area contributed by atoms with Crippen molar-refractivity contribution < 1.29 is 0 Å². The third kappa shape index (κ3) is 2.18. The second kappa shape index (κ2) is 5.19. The molecule has 114 valence electrons. The largest absolute Gasteiger partial charge is 0.352 e. The SMILES string of the molecule is CN1CCN(Cn2nc3c4ccccc4ncn3c2=O)CC1. The fourth-order valence-electron chi connectivity index (χ4n) is 2.87. The molecule has 1 aromatic carbocycles. The number of aromatic nitrogens is 4. The molecule has 0 unspecified atom stereocenters. The van der Waals surface area contributed by atoms with Crippen LogP contribution in [0.15, 0.2) is 35.4 Å². The van der Waals surface area contributed by atoms with Crippen LogP contribution in [-0.4, -0.2) is 62.2 Å². The lowest BCUT2D eigenvalue weighted by molar-refractivity contribution is 0.118. The summed E-state index contributed by atoms with van der Waals surface area (Å²) in [5.74, 6) is 0. The number of likely N-dealkylation sites (N-methyl/N-ethyl adjacent to an activating group) is 1. The van der Waals surface area contributed by atoms with E-state index in [2.05, 4.69) is 26.9 Å². The second-order valence-electron chi connectivity index (χ2n) is 5.80. The molecule has 7 heteroatoms. The van der Waals surface area contributed by atoms with Crippen molar-refractivity contribution in [3.8, 4) is 0 Å². The monoisotopic (exact) mass is 298 g/mol. The maximum atomic E-state index is 12.5. The van der Waals surface area contributed by atoms with Crippen LogP contribution < -0.4 is 5.69 Å². The van der Waals surface area contributed by atoms with Crippen molar-refractivity contribution in [2.45, 2.75) is 6.67 Å². The highest BCUT2D eigenvalue weighted by Crippen LogP contribution is 2.14.